The van der Waals surface area contributed by atoms with E-state index in [1.54, 1.807) is 6.92 Å². The molecule has 0 aliphatic heterocycles. The van der Waals surface area contributed by atoms with Crippen LogP contribution in [0.25, 0.3) is 0 Å². The highest BCUT2D eigenvalue weighted by molar-refractivity contribution is 7.45. The molecule has 0 amide bonds. The molecular weight excluding hydrogens is 261 g/mol. The van der Waals surface area contributed by atoms with Gasteiger partial charge in [-0.2, -0.15) is 0 Å². The maximum Gasteiger partial charge on any atom is 0.305 e. The summed E-state index contributed by atoms with van der Waals surface area (Å²) < 4.78 is 25.0. The lowest BCUT2D eigenvalue weighted by Gasteiger charge is -2.23. The van der Waals surface area contributed by atoms with Crippen LogP contribution in [0.15, 0.2) is 0 Å². The van der Waals surface area contributed by atoms with Crippen LogP contribution in [0.4, 0.5) is 0 Å². The van der Waals surface area contributed by atoms with E-state index in [4.69, 9.17) is 4.74 Å². The zero-order valence-corrected chi connectivity index (χ0v) is 11.1. The third-order valence-corrected chi connectivity index (χ3v) is 3.03. The van der Waals surface area contributed by atoms with Crippen LogP contribution in [-0.4, -0.2) is 25.9 Å². The van der Waals surface area contributed by atoms with Crippen LogP contribution in [0.5, 0.6) is 0 Å². The maximum absolute atomic E-state index is 11.1. The molecule has 2 unspecified atom stereocenters. The van der Waals surface area contributed by atoms with Gasteiger partial charge in [0.05, 0.1) is 13.2 Å². The second-order valence-corrected chi connectivity index (χ2v) is 4.80. The lowest BCUT2D eigenvalue weighted by Crippen LogP contribution is -2.51. The highest BCUT2D eigenvalue weighted by Gasteiger charge is 2.15. The second kappa shape index (κ2) is 10.5. The number of esters is 1. The van der Waals surface area contributed by atoms with Crippen molar-refractivity contribution in [3.8, 4) is 0 Å². The molecule has 3 N–H and O–H groups in total. The monoisotopic (exact) mass is 285 g/mol. The quantitative estimate of drug-likeness (QED) is 0.370. The summed E-state index contributed by atoms with van der Waals surface area (Å²) in [5.41, 5.74) is 3.24. The molecule has 110 valence electrons. The summed E-state index contributed by atoms with van der Waals surface area (Å²) in [7, 11) is -4.27. The molecule has 8 heteroatoms. The minimum atomic E-state index is -4.27. The molecule has 0 fully saturated rings. The number of phosphoric acid groups is 1. The van der Waals surface area contributed by atoms with Gasteiger partial charge in [0.1, 0.15) is 0 Å². The fourth-order valence-corrected chi connectivity index (χ4v) is 1.63. The SMILES string of the molecule is C.CCC(=O)OCC(CC)COP(=O)([O-])OC[NH3+]. The summed E-state index contributed by atoms with van der Waals surface area (Å²) in [5.74, 6) is -0.482. The number of carbonyl (C=O) groups excluding carboxylic acids is 1. The lowest BCUT2D eigenvalue weighted by atomic mass is 10.1. The third kappa shape index (κ3) is 9.56. The van der Waals surface area contributed by atoms with Gasteiger partial charge in [0.15, 0.2) is 6.73 Å². The minimum Gasteiger partial charge on any atom is -0.756 e. The van der Waals surface area contributed by atoms with E-state index >= 15 is 0 Å². The van der Waals surface area contributed by atoms with E-state index in [1.807, 2.05) is 6.92 Å². The lowest BCUT2D eigenvalue weighted by molar-refractivity contribution is -0.422. The first-order valence-corrected chi connectivity index (χ1v) is 6.96. The molecule has 0 rings (SSSR count). The summed E-state index contributed by atoms with van der Waals surface area (Å²) >= 11 is 0. The van der Waals surface area contributed by atoms with Crippen molar-refractivity contribution in [2.45, 2.75) is 34.1 Å². The fraction of sp³-hybridized carbons (Fsp3) is 0.900. The number of phosphoric ester groups is 1. The summed E-state index contributed by atoms with van der Waals surface area (Å²) in [6.45, 7) is 3.42. The Labute approximate surface area is 108 Å². The van der Waals surface area contributed by atoms with Gasteiger partial charge in [-0.25, -0.2) is 0 Å². The molecule has 18 heavy (non-hydrogen) atoms. The van der Waals surface area contributed by atoms with Crippen molar-refractivity contribution in [3.63, 3.8) is 0 Å². The van der Waals surface area contributed by atoms with Crippen LogP contribution in [-0.2, 0) is 23.1 Å². The highest BCUT2D eigenvalue weighted by Crippen LogP contribution is 2.37. The molecule has 0 aromatic heterocycles. The van der Waals surface area contributed by atoms with Gasteiger partial charge in [-0.1, -0.05) is 21.3 Å². The first kappa shape index (κ1) is 19.9. The van der Waals surface area contributed by atoms with E-state index in [-0.39, 0.29) is 39.3 Å². The summed E-state index contributed by atoms with van der Waals surface area (Å²) in [5, 5.41) is 0. The van der Waals surface area contributed by atoms with Crippen LogP contribution in [0.3, 0.4) is 0 Å². The maximum atomic E-state index is 11.1. The Hall–Kier alpha value is -0.460. The number of ether oxygens (including phenoxy) is 1. The molecule has 0 bridgehead atoms. The van der Waals surface area contributed by atoms with Crippen molar-refractivity contribution in [1.29, 1.82) is 0 Å². The van der Waals surface area contributed by atoms with E-state index in [0.29, 0.717) is 12.8 Å². The van der Waals surface area contributed by atoms with E-state index in [1.165, 1.54) is 0 Å². The normalized spacial score (nSPS) is 15.3. The zero-order valence-electron chi connectivity index (χ0n) is 10.2. The molecule has 0 saturated carbocycles. The van der Waals surface area contributed by atoms with E-state index < -0.39 is 7.82 Å². The number of hydrogen-bond donors (Lipinski definition) is 1. The van der Waals surface area contributed by atoms with Gasteiger partial charge in [-0.15, -0.1) is 0 Å². The van der Waals surface area contributed by atoms with Gasteiger partial charge in [0.2, 0.25) is 0 Å². The Morgan fingerprint density at radius 2 is 1.94 bits per heavy atom. The predicted molar refractivity (Wildman–Crippen MR) is 64.2 cm³/mol. The number of rotatable bonds is 9. The van der Waals surface area contributed by atoms with Crippen molar-refractivity contribution >= 4 is 13.8 Å². The standard InChI is InChI=1S/C9H20NO6P.CH4/c1-3-8(5-14-9(11)4-2)6-15-17(12,13)16-7-10;/h8H,3-7,10H2,1-2H3,(H,12,13);1H4. The molecule has 0 aromatic rings. The van der Waals surface area contributed by atoms with Crippen LogP contribution in [0.1, 0.15) is 34.1 Å². The minimum absolute atomic E-state index is 0. The predicted octanol–water partition coefficient (Wildman–Crippen LogP) is 0.303. The van der Waals surface area contributed by atoms with Crippen molar-refractivity contribution < 1.29 is 33.8 Å². The Kier molecular flexibility index (Phi) is 11.5. The van der Waals surface area contributed by atoms with Crippen LogP contribution >= 0.6 is 7.82 Å². The average molecular weight is 285 g/mol. The van der Waals surface area contributed by atoms with Gasteiger partial charge >= 0.3 is 5.97 Å². The highest BCUT2D eigenvalue weighted by atomic mass is 31.2. The number of hydrogen-bond acceptors (Lipinski definition) is 6. The fourth-order valence-electron chi connectivity index (χ4n) is 0.942. The Morgan fingerprint density at radius 3 is 2.39 bits per heavy atom. The molecule has 0 aliphatic rings. The number of quaternary nitrogens is 1. The summed E-state index contributed by atoms with van der Waals surface area (Å²) in [6.07, 6.45) is 0.934. The van der Waals surface area contributed by atoms with Crippen molar-refractivity contribution in [2.75, 3.05) is 19.9 Å². The molecule has 2 atom stereocenters. The Morgan fingerprint density at radius 1 is 1.33 bits per heavy atom. The van der Waals surface area contributed by atoms with E-state index in [9.17, 15) is 14.3 Å². The molecule has 0 radical (unpaired) electrons. The molecule has 7 nitrogen and oxygen atoms in total. The van der Waals surface area contributed by atoms with Gasteiger partial charge in [0, 0.05) is 12.3 Å². The van der Waals surface area contributed by atoms with Gasteiger partial charge in [0.25, 0.3) is 7.82 Å². The molecule has 0 saturated heterocycles. The van der Waals surface area contributed by atoms with Crippen molar-refractivity contribution in [2.24, 2.45) is 5.92 Å². The molecule has 0 heterocycles. The largest absolute Gasteiger partial charge is 0.756 e. The molecule has 0 spiro atoms. The van der Waals surface area contributed by atoms with Gasteiger partial charge < -0.3 is 19.9 Å². The molecular formula is C10H24NO6P. The van der Waals surface area contributed by atoms with E-state index in [2.05, 4.69) is 14.8 Å². The van der Waals surface area contributed by atoms with Crippen molar-refractivity contribution in [1.82, 2.24) is 0 Å². The molecule has 0 aromatic carbocycles. The first-order chi connectivity index (χ1) is 7.95. The average Bonchev–Trinajstić information content (AvgIpc) is 2.28. The molecule has 0 aliphatic carbocycles. The van der Waals surface area contributed by atoms with Crippen LogP contribution in [0.2, 0.25) is 0 Å². The van der Waals surface area contributed by atoms with Crippen LogP contribution in [0, 0.1) is 5.92 Å². The Balaban J connectivity index is 0. The van der Waals surface area contributed by atoms with E-state index in [0.717, 1.165) is 0 Å². The van der Waals surface area contributed by atoms with Gasteiger partial charge in [-0.3, -0.25) is 13.9 Å². The topological polar surface area (TPSA) is 113 Å². The van der Waals surface area contributed by atoms with Crippen molar-refractivity contribution in [3.05, 3.63) is 0 Å². The van der Waals surface area contributed by atoms with Gasteiger partial charge in [-0.05, 0) is 6.42 Å². The first-order valence-electron chi connectivity index (χ1n) is 5.50. The summed E-state index contributed by atoms with van der Waals surface area (Å²) in [4.78, 5) is 22.0. The zero-order chi connectivity index (χ0) is 13.3. The number of carbonyl (C=O) groups is 1. The van der Waals surface area contributed by atoms with Crippen LogP contribution < -0.4 is 10.6 Å². The third-order valence-electron chi connectivity index (χ3n) is 2.06. The second-order valence-electron chi connectivity index (χ2n) is 3.39. The Bertz CT molecular complexity index is 273. The summed E-state index contributed by atoms with van der Waals surface area (Å²) in [6, 6.07) is 0. The smallest absolute Gasteiger partial charge is 0.305 e.